The van der Waals surface area contributed by atoms with Crippen molar-refractivity contribution in [3.8, 4) is 0 Å². The monoisotopic (exact) mass is 656 g/mol. The minimum atomic E-state index is -5.17. The Hall–Kier alpha value is -3.11. The SMILES string of the molecule is C=C(C)[C@H]1CC/C(C)=C/CC[C@@](C)(Cl)[C@H](OC(=O)[C@@](OC)(c2ccccc2)C(F)(F)F)CC/C(COC(C)=O)=C\[C@@H]1OC(C)=O. The lowest BCUT2D eigenvalue weighted by Crippen LogP contribution is -2.54. The maximum Gasteiger partial charge on any atom is 0.432 e. The number of carbonyl (C=O) groups excluding carboxylic acids is 3. The molecule has 0 bridgehead atoms. The predicted octanol–water partition coefficient (Wildman–Crippen LogP) is 7.91. The van der Waals surface area contributed by atoms with Gasteiger partial charge in [-0.3, -0.25) is 9.59 Å². The molecule has 7 nitrogen and oxygen atoms in total. The Morgan fingerprint density at radius 3 is 2.20 bits per heavy atom. The van der Waals surface area contributed by atoms with Gasteiger partial charge in [0.1, 0.15) is 18.8 Å². The van der Waals surface area contributed by atoms with E-state index in [0.29, 0.717) is 24.8 Å². The molecule has 250 valence electrons. The second kappa shape index (κ2) is 16.5. The van der Waals surface area contributed by atoms with Crippen molar-refractivity contribution < 1.29 is 46.5 Å². The number of benzene rings is 1. The van der Waals surface area contributed by atoms with Crippen molar-refractivity contribution in [1.82, 2.24) is 0 Å². The second-order valence-corrected chi connectivity index (χ2v) is 12.6. The Morgan fingerprint density at radius 2 is 1.67 bits per heavy atom. The van der Waals surface area contributed by atoms with Crippen LogP contribution in [-0.4, -0.2) is 54.9 Å². The highest BCUT2D eigenvalue weighted by molar-refractivity contribution is 6.24. The van der Waals surface area contributed by atoms with E-state index in [-0.39, 0.29) is 31.8 Å². The summed E-state index contributed by atoms with van der Waals surface area (Å²) in [5.74, 6) is -3.00. The molecule has 0 heterocycles. The van der Waals surface area contributed by atoms with Crippen molar-refractivity contribution in [2.75, 3.05) is 13.7 Å². The molecular formula is C34H44ClF3O7. The summed E-state index contributed by atoms with van der Waals surface area (Å²) >= 11 is 6.98. The smallest absolute Gasteiger partial charge is 0.432 e. The zero-order valence-electron chi connectivity index (χ0n) is 26.8. The highest BCUT2D eigenvalue weighted by Gasteiger charge is 2.64. The van der Waals surface area contributed by atoms with Crippen LogP contribution < -0.4 is 0 Å². The fraction of sp³-hybridized carbons (Fsp3) is 0.559. The van der Waals surface area contributed by atoms with Crippen molar-refractivity contribution in [2.45, 2.75) is 102 Å². The molecule has 0 aliphatic heterocycles. The fourth-order valence-corrected chi connectivity index (χ4v) is 5.65. The summed E-state index contributed by atoms with van der Waals surface area (Å²) in [5.41, 5.74) is -1.51. The molecule has 0 spiro atoms. The molecule has 2 rings (SSSR count). The molecule has 0 fully saturated rings. The Bertz CT molecular complexity index is 1260. The molecule has 0 N–H and O–H groups in total. The van der Waals surface area contributed by atoms with E-state index in [4.69, 9.17) is 30.5 Å². The lowest BCUT2D eigenvalue weighted by molar-refractivity contribution is -0.278. The van der Waals surface area contributed by atoms with E-state index in [2.05, 4.69) is 6.58 Å². The molecule has 0 unspecified atom stereocenters. The van der Waals surface area contributed by atoms with Crippen molar-refractivity contribution in [3.05, 3.63) is 71.3 Å². The normalized spacial score (nSPS) is 27.3. The summed E-state index contributed by atoms with van der Waals surface area (Å²) in [4.78, 5) is 36.2. The van der Waals surface area contributed by atoms with Gasteiger partial charge in [-0.25, -0.2) is 4.79 Å². The van der Waals surface area contributed by atoms with Crippen LogP contribution in [0.25, 0.3) is 0 Å². The topological polar surface area (TPSA) is 88.1 Å². The molecule has 0 saturated carbocycles. The third-order valence-electron chi connectivity index (χ3n) is 7.99. The Morgan fingerprint density at radius 1 is 1.02 bits per heavy atom. The molecular weight excluding hydrogens is 613 g/mol. The highest BCUT2D eigenvalue weighted by Crippen LogP contribution is 2.44. The van der Waals surface area contributed by atoms with Gasteiger partial charge in [0.25, 0.3) is 5.60 Å². The first-order valence-electron chi connectivity index (χ1n) is 14.8. The number of esters is 3. The lowest BCUT2D eigenvalue weighted by Gasteiger charge is -2.37. The van der Waals surface area contributed by atoms with E-state index < -0.39 is 52.3 Å². The first-order valence-corrected chi connectivity index (χ1v) is 15.2. The summed E-state index contributed by atoms with van der Waals surface area (Å²) in [5, 5.41) is 0. The number of carbonyl (C=O) groups is 3. The summed E-state index contributed by atoms with van der Waals surface area (Å²) in [6.45, 7) is 11.8. The number of ether oxygens (including phenoxy) is 4. The summed E-state index contributed by atoms with van der Waals surface area (Å²) in [6, 6.07) is 6.55. The van der Waals surface area contributed by atoms with Crippen molar-refractivity contribution >= 4 is 29.5 Å². The quantitative estimate of drug-likeness (QED) is 0.122. The number of rotatable bonds is 8. The van der Waals surface area contributed by atoms with Gasteiger partial charge >= 0.3 is 24.1 Å². The number of hydrogen-bond acceptors (Lipinski definition) is 7. The van der Waals surface area contributed by atoms with Gasteiger partial charge in [-0.2, -0.15) is 13.2 Å². The van der Waals surface area contributed by atoms with Gasteiger partial charge in [0, 0.05) is 32.4 Å². The average Bonchev–Trinajstić information content (AvgIpc) is 2.93. The van der Waals surface area contributed by atoms with Crippen molar-refractivity contribution in [2.24, 2.45) is 5.92 Å². The van der Waals surface area contributed by atoms with Crippen molar-refractivity contribution in [3.63, 3.8) is 0 Å². The van der Waals surface area contributed by atoms with Gasteiger partial charge in [-0.05, 0) is 70.9 Å². The zero-order valence-corrected chi connectivity index (χ0v) is 27.6. The number of methoxy groups -OCH3 is 1. The molecule has 5 atom stereocenters. The van der Waals surface area contributed by atoms with Crippen LogP contribution >= 0.6 is 11.6 Å². The second-order valence-electron chi connectivity index (χ2n) is 11.7. The fourth-order valence-electron chi connectivity index (χ4n) is 5.39. The van der Waals surface area contributed by atoms with Gasteiger partial charge < -0.3 is 18.9 Å². The molecule has 0 amide bonds. The third kappa shape index (κ3) is 10.5. The molecule has 1 aliphatic carbocycles. The maximum absolute atomic E-state index is 14.7. The number of halogens is 4. The molecule has 45 heavy (non-hydrogen) atoms. The molecule has 0 saturated heterocycles. The molecule has 0 radical (unpaired) electrons. The Balaban J connectivity index is 2.64. The number of allylic oxidation sites excluding steroid dienone is 2. The third-order valence-corrected chi connectivity index (χ3v) is 8.42. The van der Waals surface area contributed by atoms with E-state index >= 15 is 0 Å². The molecule has 1 aromatic rings. The van der Waals surface area contributed by atoms with Gasteiger partial charge in [0.2, 0.25) is 0 Å². The Labute approximate surface area is 268 Å². The van der Waals surface area contributed by atoms with Crippen LogP contribution in [0.1, 0.15) is 78.7 Å². The highest BCUT2D eigenvalue weighted by atomic mass is 35.5. The maximum atomic E-state index is 14.7. The zero-order chi connectivity index (χ0) is 34.0. The molecule has 0 aromatic heterocycles. The average molecular weight is 657 g/mol. The molecule has 1 aromatic carbocycles. The largest absolute Gasteiger partial charge is 0.461 e. The Kier molecular flexibility index (Phi) is 13.9. The first-order chi connectivity index (χ1) is 20.9. The lowest BCUT2D eigenvalue weighted by atomic mass is 9.86. The van der Waals surface area contributed by atoms with Crippen LogP contribution in [0.5, 0.6) is 0 Å². The minimum Gasteiger partial charge on any atom is -0.461 e. The summed E-state index contributed by atoms with van der Waals surface area (Å²) in [6.07, 6.45) is -1.39. The molecule has 1 aliphatic rings. The van der Waals surface area contributed by atoms with E-state index in [1.165, 1.54) is 32.0 Å². The van der Waals surface area contributed by atoms with Gasteiger partial charge in [-0.1, -0.05) is 54.1 Å². The van der Waals surface area contributed by atoms with Gasteiger partial charge in [-0.15, -0.1) is 11.6 Å². The van der Waals surface area contributed by atoms with Crippen LogP contribution in [0.3, 0.4) is 0 Å². The summed E-state index contributed by atoms with van der Waals surface area (Å²) in [7, 11) is 0.801. The van der Waals surface area contributed by atoms with Gasteiger partial charge in [0.15, 0.2) is 0 Å². The summed E-state index contributed by atoms with van der Waals surface area (Å²) < 4.78 is 65.6. The van der Waals surface area contributed by atoms with Crippen LogP contribution in [0.2, 0.25) is 0 Å². The predicted molar refractivity (Wildman–Crippen MR) is 165 cm³/mol. The van der Waals surface area contributed by atoms with E-state index in [9.17, 15) is 27.6 Å². The van der Waals surface area contributed by atoms with E-state index in [0.717, 1.165) is 30.4 Å². The number of hydrogen-bond donors (Lipinski definition) is 0. The van der Waals surface area contributed by atoms with Crippen LogP contribution in [-0.2, 0) is 38.9 Å². The first kappa shape index (κ1) is 38.1. The van der Waals surface area contributed by atoms with E-state index in [1.807, 2.05) is 19.9 Å². The van der Waals surface area contributed by atoms with Crippen LogP contribution in [0.4, 0.5) is 13.2 Å². The minimum absolute atomic E-state index is 0.0293. The van der Waals surface area contributed by atoms with E-state index in [1.54, 1.807) is 13.0 Å². The van der Waals surface area contributed by atoms with Crippen molar-refractivity contribution in [1.29, 1.82) is 0 Å². The van der Waals surface area contributed by atoms with Gasteiger partial charge in [0.05, 0.1) is 4.87 Å². The molecule has 11 heteroatoms. The van der Waals surface area contributed by atoms with Crippen LogP contribution in [0, 0.1) is 5.92 Å². The number of alkyl halides is 4. The van der Waals surface area contributed by atoms with Crippen LogP contribution in [0.15, 0.2) is 65.8 Å². The standard InChI is InChI=1S/C34H44ClF3O7/c1-22(2)28-17-15-23(3)12-11-19-32(6,35)30(18-16-26(21-43-24(4)39)20-29(28)44-25(5)40)45-31(41)33(42-7,34(36,37)38)27-13-9-8-10-14-27/h8-10,12-14,20,28-30H,1,11,15-19,21H2,2-7H3/b23-12+,26-20+/t28-,29+,30-,32-,33+/m1/s1.